The Labute approximate surface area is 150 Å². The molecule has 1 amide bonds. The lowest BCUT2D eigenvalue weighted by Gasteiger charge is -2.08. The summed E-state index contributed by atoms with van der Waals surface area (Å²) in [7, 11) is 0. The summed E-state index contributed by atoms with van der Waals surface area (Å²) < 4.78 is 18.5. The Morgan fingerprint density at radius 1 is 1.00 bits per heavy atom. The van der Waals surface area contributed by atoms with Crippen molar-refractivity contribution < 1.29 is 13.9 Å². The zero-order valence-corrected chi connectivity index (χ0v) is 14.4. The molecule has 0 aliphatic carbocycles. The monoisotopic (exact) mass is 355 g/mol. The molecule has 0 saturated heterocycles. The second-order valence-corrected chi connectivity index (χ2v) is 6.59. The molecule has 1 aromatic heterocycles. The number of carbonyl (C=O) groups is 1. The maximum Gasteiger partial charge on any atom is 0.220 e. The second kappa shape index (κ2) is 8.44. The minimum Gasteiger partial charge on any atom is -0.457 e. The summed E-state index contributed by atoms with van der Waals surface area (Å²) >= 11 is 1.67. The molecule has 0 bridgehead atoms. The van der Waals surface area contributed by atoms with Crippen LogP contribution in [0, 0.1) is 5.82 Å². The normalized spacial score (nSPS) is 10.4. The van der Waals surface area contributed by atoms with Crippen LogP contribution in [0.2, 0.25) is 0 Å². The number of carbonyl (C=O) groups excluding carboxylic acids is 1. The number of aryl methyl sites for hydroxylation is 1. The van der Waals surface area contributed by atoms with Gasteiger partial charge in [0.05, 0.1) is 0 Å². The van der Waals surface area contributed by atoms with Crippen LogP contribution in [0.15, 0.2) is 66.0 Å². The number of amides is 1. The van der Waals surface area contributed by atoms with Crippen LogP contribution in [-0.4, -0.2) is 5.91 Å². The fourth-order valence-corrected chi connectivity index (χ4v) is 3.00. The molecule has 1 heterocycles. The Balaban J connectivity index is 1.45. The smallest absolute Gasteiger partial charge is 0.220 e. The lowest BCUT2D eigenvalue weighted by Crippen LogP contribution is -2.22. The van der Waals surface area contributed by atoms with Gasteiger partial charge in [-0.25, -0.2) is 4.39 Å². The summed E-state index contributed by atoms with van der Waals surface area (Å²) in [6.07, 6.45) is 1.26. The summed E-state index contributed by atoms with van der Waals surface area (Å²) in [6, 6.07) is 17.4. The molecule has 3 rings (SSSR count). The molecule has 25 heavy (non-hydrogen) atoms. The molecule has 3 nitrogen and oxygen atoms in total. The Morgan fingerprint density at radius 2 is 1.68 bits per heavy atom. The summed E-state index contributed by atoms with van der Waals surface area (Å²) in [5.74, 6) is 0.993. The fourth-order valence-electron chi connectivity index (χ4n) is 2.29. The average molecular weight is 355 g/mol. The quantitative estimate of drug-likeness (QED) is 0.653. The highest BCUT2D eigenvalue weighted by molar-refractivity contribution is 7.09. The van der Waals surface area contributed by atoms with Crippen molar-refractivity contribution in [3.05, 3.63) is 82.3 Å². The van der Waals surface area contributed by atoms with Gasteiger partial charge in [0, 0.05) is 17.8 Å². The van der Waals surface area contributed by atoms with Gasteiger partial charge in [-0.2, -0.15) is 0 Å². The van der Waals surface area contributed by atoms with E-state index in [1.54, 1.807) is 23.5 Å². The molecule has 0 radical (unpaired) electrons. The highest BCUT2D eigenvalue weighted by Gasteiger charge is 2.04. The summed E-state index contributed by atoms with van der Waals surface area (Å²) in [5, 5.41) is 4.94. The average Bonchev–Trinajstić information content (AvgIpc) is 3.15. The third-order valence-corrected chi connectivity index (χ3v) is 4.58. The second-order valence-electron chi connectivity index (χ2n) is 5.56. The van der Waals surface area contributed by atoms with Crippen LogP contribution >= 0.6 is 11.3 Å². The minimum atomic E-state index is -0.294. The van der Waals surface area contributed by atoms with Crippen molar-refractivity contribution in [2.24, 2.45) is 0 Å². The van der Waals surface area contributed by atoms with Crippen molar-refractivity contribution >= 4 is 17.2 Å². The maximum absolute atomic E-state index is 12.9. The van der Waals surface area contributed by atoms with Crippen molar-refractivity contribution in [3.8, 4) is 11.5 Å². The van der Waals surface area contributed by atoms with Crippen LogP contribution in [0.3, 0.4) is 0 Å². The van der Waals surface area contributed by atoms with E-state index in [1.165, 1.54) is 17.0 Å². The number of ether oxygens (including phenoxy) is 1. The third-order valence-electron chi connectivity index (χ3n) is 3.64. The van der Waals surface area contributed by atoms with Crippen molar-refractivity contribution in [3.63, 3.8) is 0 Å². The van der Waals surface area contributed by atoms with E-state index in [0.29, 0.717) is 24.5 Å². The van der Waals surface area contributed by atoms with Crippen molar-refractivity contribution in [1.82, 2.24) is 5.32 Å². The molecule has 5 heteroatoms. The minimum absolute atomic E-state index is 0.0417. The Hall–Kier alpha value is -2.66. The number of thiophene rings is 1. The van der Waals surface area contributed by atoms with Crippen molar-refractivity contribution in [1.29, 1.82) is 0 Å². The topological polar surface area (TPSA) is 38.3 Å². The largest absolute Gasteiger partial charge is 0.457 e. The fraction of sp³-hybridized carbons (Fsp3) is 0.150. The van der Waals surface area contributed by atoms with Gasteiger partial charge in [0.25, 0.3) is 0 Å². The molecule has 0 aliphatic rings. The number of rotatable bonds is 7. The number of halogens is 1. The zero-order chi connectivity index (χ0) is 17.5. The van der Waals surface area contributed by atoms with Crippen LogP contribution < -0.4 is 10.1 Å². The van der Waals surface area contributed by atoms with Crippen molar-refractivity contribution in [2.75, 3.05) is 0 Å². The van der Waals surface area contributed by atoms with E-state index < -0.39 is 0 Å². The highest BCUT2D eigenvalue weighted by atomic mass is 32.1. The van der Waals surface area contributed by atoms with Crippen LogP contribution in [0.5, 0.6) is 11.5 Å². The summed E-state index contributed by atoms with van der Waals surface area (Å²) in [6.45, 7) is 0.486. The SMILES string of the molecule is O=C(CCc1cccs1)NCc1ccc(Oc2ccc(F)cc2)cc1. The van der Waals surface area contributed by atoms with Gasteiger partial charge in [0.15, 0.2) is 0 Å². The standard InChI is InChI=1S/C20H18FNO2S/c21-16-5-9-18(10-6-16)24-17-7-3-15(4-8-17)14-22-20(23)12-11-19-2-1-13-25-19/h1-10,13H,11-12,14H2,(H,22,23). The van der Waals surface area contributed by atoms with Gasteiger partial charge < -0.3 is 10.1 Å². The summed E-state index contributed by atoms with van der Waals surface area (Å²) in [5.41, 5.74) is 0.996. The van der Waals surface area contributed by atoms with Crippen molar-refractivity contribution in [2.45, 2.75) is 19.4 Å². The Bertz CT molecular complexity index is 799. The van der Waals surface area contributed by atoms with E-state index in [-0.39, 0.29) is 11.7 Å². The molecule has 2 aromatic carbocycles. The van der Waals surface area contributed by atoms with Crippen LogP contribution in [0.25, 0.3) is 0 Å². The van der Waals surface area contributed by atoms with Gasteiger partial charge in [-0.15, -0.1) is 11.3 Å². The number of nitrogens with one attached hydrogen (secondary N) is 1. The van der Waals surface area contributed by atoms with E-state index in [2.05, 4.69) is 5.32 Å². The first-order chi connectivity index (χ1) is 12.2. The molecular weight excluding hydrogens is 337 g/mol. The molecule has 0 unspecified atom stereocenters. The van der Waals surface area contributed by atoms with Crippen LogP contribution in [0.1, 0.15) is 16.9 Å². The molecule has 1 N–H and O–H groups in total. The van der Waals surface area contributed by atoms with E-state index in [0.717, 1.165) is 12.0 Å². The van der Waals surface area contributed by atoms with Gasteiger partial charge in [-0.1, -0.05) is 18.2 Å². The number of benzene rings is 2. The lowest BCUT2D eigenvalue weighted by molar-refractivity contribution is -0.121. The van der Waals surface area contributed by atoms with Gasteiger partial charge in [0.1, 0.15) is 17.3 Å². The molecule has 128 valence electrons. The Kier molecular flexibility index (Phi) is 5.80. The predicted octanol–water partition coefficient (Wildman–Crippen LogP) is 4.93. The first-order valence-corrected chi connectivity index (χ1v) is 8.88. The number of hydrogen-bond donors (Lipinski definition) is 1. The van der Waals surface area contributed by atoms with E-state index in [1.807, 2.05) is 41.8 Å². The van der Waals surface area contributed by atoms with Gasteiger partial charge in [0.2, 0.25) is 5.91 Å². The molecule has 0 saturated carbocycles. The first kappa shape index (κ1) is 17.2. The van der Waals surface area contributed by atoms with Crippen LogP contribution in [0.4, 0.5) is 4.39 Å². The zero-order valence-electron chi connectivity index (χ0n) is 13.6. The third kappa shape index (κ3) is 5.43. The van der Waals surface area contributed by atoms with E-state index >= 15 is 0 Å². The van der Waals surface area contributed by atoms with Gasteiger partial charge in [-0.3, -0.25) is 4.79 Å². The molecule has 0 spiro atoms. The van der Waals surface area contributed by atoms with E-state index in [4.69, 9.17) is 4.74 Å². The predicted molar refractivity (Wildman–Crippen MR) is 97.4 cm³/mol. The number of hydrogen-bond acceptors (Lipinski definition) is 3. The van der Waals surface area contributed by atoms with Gasteiger partial charge in [-0.05, 0) is 59.8 Å². The Morgan fingerprint density at radius 3 is 2.32 bits per heavy atom. The molecule has 0 fully saturated rings. The lowest BCUT2D eigenvalue weighted by atomic mass is 10.2. The molecule has 3 aromatic rings. The van der Waals surface area contributed by atoms with Crippen LogP contribution in [-0.2, 0) is 17.8 Å². The first-order valence-electron chi connectivity index (χ1n) is 8.00. The molecular formula is C20H18FNO2S. The van der Waals surface area contributed by atoms with E-state index in [9.17, 15) is 9.18 Å². The van der Waals surface area contributed by atoms with Gasteiger partial charge >= 0.3 is 0 Å². The molecule has 0 atom stereocenters. The maximum atomic E-state index is 12.9. The molecule has 0 aliphatic heterocycles. The summed E-state index contributed by atoms with van der Waals surface area (Å²) in [4.78, 5) is 13.1. The highest BCUT2D eigenvalue weighted by Crippen LogP contribution is 2.21.